The highest BCUT2D eigenvalue weighted by Gasteiger charge is 2.59. The maximum Gasteiger partial charge on any atom is 0.322 e. The molecule has 3 heterocycles. The van der Waals surface area contributed by atoms with E-state index in [4.69, 9.17) is 19.8 Å². The number of carboxylic acids is 2. The Labute approximate surface area is 235 Å². The number of nitrogens with two attached hydrogens (primary N) is 1. The van der Waals surface area contributed by atoms with Gasteiger partial charge in [-0.3, -0.25) is 28.6 Å². The van der Waals surface area contributed by atoms with Crippen LogP contribution in [0.5, 0.6) is 0 Å². The number of aromatic nitrogens is 2. The minimum Gasteiger partial charge on any atom is -0.481 e. The van der Waals surface area contributed by atoms with Gasteiger partial charge in [-0.25, -0.2) is 0 Å². The highest BCUT2D eigenvalue weighted by atomic mass is 32.2. The van der Waals surface area contributed by atoms with E-state index in [9.17, 15) is 32.7 Å². The molecular weight excluding hydrogens is 592 g/mol. The number of hydrogen-bond acceptors (Lipinski definition) is 13. The molecule has 2 aliphatic rings. The molecule has 2 saturated heterocycles. The van der Waals surface area contributed by atoms with Crippen LogP contribution in [0.2, 0.25) is 0 Å². The van der Waals surface area contributed by atoms with Gasteiger partial charge in [-0.1, -0.05) is 11.8 Å². The van der Waals surface area contributed by atoms with Crippen molar-refractivity contribution < 1.29 is 46.8 Å². The molecule has 1 aromatic heterocycles. The third kappa shape index (κ3) is 6.33. The summed E-state index contributed by atoms with van der Waals surface area (Å²) >= 11 is 2.07. The number of benzene rings is 1. The van der Waals surface area contributed by atoms with Gasteiger partial charge < -0.3 is 30.6 Å². The van der Waals surface area contributed by atoms with Crippen LogP contribution in [0, 0.1) is 5.41 Å². The summed E-state index contributed by atoms with van der Waals surface area (Å²) in [4.78, 5) is 51.8. The number of aliphatic carboxylic acids is 2. The van der Waals surface area contributed by atoms with Gasteiger partial charge in [-0.15, -0.1) is 22.0 Å². The van der Waals surface area contributed by atoms with Crippen LogP contribution in [0.15, 0.2) is 33.9 Å². The summed E-state index contributed by atoms with van der Waals surface area (Å²) in [6.07, 6.45) is 0. The Balaban J connectivity index is 1.47. The molecule has 0 spiro atoms. The second kappa shape index (κ2) is 11.6. The lowest BCUT2D eigenvalue weighted by Gasteiger charge is -2.56. The van der Waals surface area contributed by atoms with Gasteiger partial charge in [0, 0.05) is 29.4 Å². The third-order valence-electron chi connectivity index (χ3n) is 6.11. The molecule has 2 amide bonds. The van der Waals surface area contributed by atoms with Crippen LogP contribution in [0.1, 0.15) is 5.89 Å². The summed E-state index contributed by atoms with van der Waals surface area (Å²) in [6.45, 7) is -0.835. The fourth-order valence-electron chi connectivity index (χ4n) is 4.17. The van der Waals surface area contributed by atoms with Gasteiger partial charge in [-0.2, -0.15) is 8.42 Å². The molecule has 19 heteroatoms. The number of carbonyl (C=O) groups is 4. The van der Waals surface area contributed by atoms with E-state index in [1.54, 1.807) is 24.3 Å². The van der Waals surface area contributed by atoms with E-state index in [2.05, 4.69) is 15.5 Å². The summed E-state index contributed by atoms with van der Waals surface area (Å²) in [6, 6.07) is 5.32. The van der Waals surface area contributed by atoms with E-state index in [1.807, 2.05) is 0 Å². The van der Waals surface area contributed by atoms with Gasteiger partial charge in [0.05, 0.1) is 6.54 Å². The summed E-state index contributed by atoms with van der Waals surface area (Å²) in [5.74, 6) is -4.44. The van der Waals surface area contributed by atoms with Crippen molar-refractivity contribution in [3.05, 3.63) is 30.2 Å². The zero-order chi connectivity index (χ0) is 29.2. The van der Waals surface area contributed by atoms with Crippen molar-refractivity contribution in [1.29, 1.82) is 0 Å². The molecule has 216 valence electrons. The van der Waals surface area contributed by atoms with Crippen LogP contribution < -0.4 is 16.0 Å². The predicted molar refractivity (Wildman–Crippen MR) is 141 cm³/mol. The number of nitrogens with zero attached hydrogens (tertiary/aromatic N) is 4. The van der Waals surface area contributed by atoms with Gasteiger partial charge >= 0.3 is 11.9 Å². The average Bonchev–Trinajstić information content (AvgIpc) is 3.34. The fourth-order valence-corrected chi connectivity index (χ4v) is 7.29. The first-order valence-electron chi connectivity index (χ1n) is 11.5. The van der Waals surface area contributed by atoms with Crippen LogP contribution in [-0.2, 0) is 35.0 Å². The fraction of sp³-hybridized carbons (Fsp3) is 0.429. The van der Waals surface area contributed by atoms with E-state index in [1.165, 1.54) is 21.6 Å². The molecule has 0 saturated carbocycles. The van der Waals surface area contributed by atoms with E-state index >= 15 is 0 Å². The Morgan fingerprint density at radius 2 is 1.95 bits per heavy atom. The molecule has 6 N–H and O–H groups in total. The SMILES string of the molecule is NCC(=O)N(c1ccc(NCC(=O)O)cc1)C1C(=O)N2CC(CSc3nnc(CS(=O)(=O)O)o3)(C(=O)O)CS[C@H]12. The number of amides is 2. The number of hydrogen-bond donors (Lipinski definition) is 5. The van der Waals surface area contributed by atoms with Crippen molar-refractivity contribution in [3.8, 4) is 0 Å². The van der Waals surface area contributed by atoms with Gasteiger partial charge in [0.1, 0.15) is 23.4 Å². The Bertz CT molecular complexity index is 1420. The molecule has 16 nitrogen and oxygen atoms in total. The first-order valence-corrected chi connectivity index (χ1v) is 15.1. The maximum atomic E-state index is 13.3. The number of thioether (sulfide) groups is 2. The molecule has 0 radical (unpaired) electrons. The lowest BCUT2D eigenvalue weighted by Crippen LogP contribution is -2.75. The van der Waals surface area contributed by atoms with Crippen LogP contribution in [0.3, 0.4) is 0 Å². The molecule has 2 fully saturated rings. The molecule has 1 aromatic carbocycles. The highest BCUT2D eigenvalue weighted by molar-refractivity contribution is 8.00. The first kappa shape index (κ1) is 29.6. The number of carbonyl (C=O) groups excluding carboxylic acids is 2. The Kier molecular flexibility index (Phi) is 8.59. The average molecular weight is 617 g/mol. The van der Waals surface area contributed by atoms with Crippen molar-refractivity contribution in [3.63, 3.8) is 0 Å². The molecule has 2 unspecified atom stereocenters. The lowest BCUT2D eigenvalue weighted by molar-refractivity contribution is -0.156. The number of β-lactam (4-membered cyclic amide) rings is 1. The minimum atomic E-state index is -4.39. The van der Waals surface area contributed by atoms with Gasteiger partial charge in [0.15, 0.2) is 5.75 Å². The normalized spacial score (nSPS) is 22.2. The van der Waals surface area contributed by atoms with E-state index in [0.717, 1.165) is 11.8 Å². The van der Waals surface area contributed by atoms with Gasteiger partial charge in [-0.05, 0) is 24.3 Å². The minimum absolute atomic E-state index is 0.0784. The van der Waals surface area contributed by atoms with E-state index in [0.29, 0.717) is 11.4 Å². The van der Waals surface area contributed by atoms with Crippen LogP contribution >= 0.6 is 23.5 Å². The van der Waals surface area contributed by atoms with Crippen molar-refractivity contribution in [2.75, 3.05) is 41.4 Å². The van der Waals surface area contributed by atoms with Crippen LogP contribution in [-0.4, -0.2) is 105 Å². The topological polar surface area (TPSA) is 247 Å². The highest BCUT2D eigenvalue weighted by Crippen LogP contribution is 2.46. The maximum absolute atomic E-state index is 13.3. The van der Waals surface area contributed by atoms with Crippen molar-refractivity contribution >= 4 is 68.8 Å². The van der Waals surface area contributed by atoms with E-state index in [-0.39, 0.29) is 42.3 Å². The summed E-state index contributed by atoms with van der Waals surface area (Å²) in [5.41, 5.74) is 5.07. The summed E-state index contributed by atoms with van der Waals surface area (Å²) in [7, 11) is -4.39. The molecular formula is C21H24N6O10S3. The number of anilines is 2. The van der Waals surface area contributed by atoms with Crippen molar-refractivity contribution in [1.82, 2.24) is 15.1 Å². The quantitative estimate of drug-likeness (QED) is 0.113. The monoisotopic (exact) mass is 616 g/mol. The molecule has 0 bridgehead atoms. The van der Waals surface area contributed by atoms with Crippen LogP contribution in [0.4, 0.5) is 11.4 Å². The van der Waals surface area contributed by atoms with Gasteiger partial charge in [0.25, 0.3) is 15.3 Å². The van der Waals surface area contributed by atoms with Crippen LogP contribution in [0.25, 0.3) is 0 Å². The Morgan fingerprint density at radius 3 is 2.55 bits per heavy atom. The zero-order valence-corrected chi connectivity index (χ0v) is 22.9. The molecule has 4 rings (SSSR count). The standard InChI is InChI=1S/C21H24N6O10S3/c22-5-14(28)27(12-3-1-11(2-4-12)23-6-15(29)30)16-17(31)26-8-21(19(32)33,9-38-18(16)26)10-39-20-25-24-13(37-20)7-40(34,35)36/h1-4,16,18,23H,5-10,22H2,(H,29,30)(H,32,33)(H,34,35,36)/t16?,18-,21?/m1/s1. The third-order valence-corrected chi connectivity index (χ3v) is 9.40. The number of nitrogens with one attached hydrogen (secondary N) is 1. The largest absolute Gasteiger partial charge is 0.481 e. The van der Waals surface area contributed by atoms with E-state index < -0.39 is 56.5 Å². The molecule has 2 aliphatic heterocycles. The molecule has 40 heavy (non-hydrogen) atoms. The lowest BCUT2D eigenvalue weighted by atomic mass is 9.89. The van der Waals surface area contributed by atoms with Crippen molar-refractivity contribution in [2.24, 2.45) is 11.1 Å². The number of rotatable bonds is 12. The van der Waals surface area contributed by atoms with Crippen molar-refractivity contribution in [2.45, 2.75) is 22.4 Å². The summed E-state index contributed by atoms with van der Waals surface area (Å²) < 4.78 is 36.1. The number of carboxylic acid groups (broad SMARTS) is 2. The Morgan fingerprint density at radius 1 is 1.25 bits per heavy atom. The second-order valence-electron chi connectivity index (χ2n) is 8.94. The molecule has 2 aromatic rings. The molecule has 0 aliphatic carbocycles. The Hall–Kier alpha value is -3.39. The number of fused-ring (bicyclic) bond motifs is 1. The predicted octanol–water partition coefficient (Wildman–Crippen LogP) is -0.607. The molecule has 3 atom stereocenters. The van der Waals surface area contributed by atoms with Gasteiger partial charge in [0.2, 0.25) is 17.7 Å². The zero-order valence-electron chi connectivity index (χ0n) is 20.5. The second-order valence-corrected chi connectivity index (χ2v) is 12.4. The first-order chi connectivity index (χ1) is 18.8. The summed E-state index contributed by atoms with van der Waals surface area (Å²) in [5, 5.41) is 28.1. The smallest absolute Gasteiger partial charge is 0.322 e.